The molecule has 0 aromatic rings. The molecule has 0 aromatic heterocycles. The molecular weight excluding hydrogens is 261 g/mol. The van der Waals surface area contributed by atoms with Gasteiger partial charge in [0.15, 0.2) is 0 Å². The van der Waals surface area contributed by atoms with Gasteiger partial charge < -0.3 is 16.0 Å². The molecule has 1 aliphatic heterocycles. The zero-order valence-corrected chi connectivity index (χ0v) is 12.1. The largest absolute Gasteiger partial charge is 0.352 e. The van der Waals surface area contributed by atoms with Crippen molar-refractivity contribution in [1.29, 1.82) is 0 Å². The Hall–Kier alpha value is -0.0300. The average Bonchev–Trinajstić information content (AvgIpc) is 2.28. The Morgan fingerprint density at radius 1 is 1.35 bits per heavy atom. The fourth-order valence-corrected chi connectivity index (χ4v) is 1.97. The van der Waals surface area contributed by atoms with Crippen LogP contribution in [0, 0.1) is 0 Å². The van der Waals surface area contributed by atoms with Crippen molar-refractivity contribution in [3.63, 3.8) is 0 Å². The number of nitrogens with one attached hydrogen (secondary N) is 1. The smallest absolute Gasteiger partial charge is 0.233 e. The molecule has 1 amide bonds. The van der Waals surface area contributed by atoms with Gasteiger partial charge in [-0.25, -0.2) is 0 Å². The van der Waals surface area contributed by atoms with E-state index >= 15 is 0 Å². The number of nitrogens with two attached hydrogens (primary N) is 1. The maximum Gasteiger partial charge on any atom is 0.233 e. The molecule has 1 saturated heterocycles. The fraction of sp³-hybridized carbons (Fsp3) is 0.909. The van der Waals surface area contributed by atoms with E-state index in [-0.39, 0.29) is 37.3 Å². The number of likely N-dealkylation sites (tertiary alicyclic amines) is 1. The fourth-order valence-electron chi connectivity index (χ4n) is 1.97. The van der Waals surface area contributed by atoms with Gasteiger partial charge in [-0.05, 0) is 25.8 Å². The Labute approximate surface area is 117 Å². The van der Waals surface area contributed by atoms with Gasteiger partial charge >= 0.3 is 0 Å². The van der Waals surface area contributed by atoms with Crippen LogP contribution in [0.2, 0.25) is 0 Å². The topological polar surface area (TPSA) is 58.4 Å². The van der Waals surface area contributed by atoms with Crippen LogP contribution in [-0.2, 0) is 4.79 Å². The summed E-state index contributed by atoms with van der Waals surface area (Å²) in [6.45, 7) is 5.74. The Kier molecular flexibility index (Phi) is 12.6. The minimum absolute atomic E-state index is 0. The van der Waals surface area contributed by atoms with Gasteiger partial charge in [-0.2, -0.15) is 0 Å². The zero-order valence-electron chi connectivity index (χ0n) is 10.5. The molecule has 0 saturated carbocycles. The molecule has 1 rings (SSSR count). The van der Waals surface area contributed by atoms with Gasteiger partial charge in [0.25, 0.3) is 0 Å². The van der Waals surface area contributed by atoms with Crippen LogP contribution in [0.3, 0.4) is 0 Å². The predicted octanol–water partition coefficient (Wildman–Crippen LogP) is 1.17. The maximum absolute atomic E-state index is 11.1. The summed E-state index contributed by atoms with van der Waals surface area (Å²) in [4.78, 5) is 13.6. The predicted molar refractivity (Wildman–Crippen MR) is 76.1 cm³/mol. The number of piperidine rings is 1. The van der Waals surface area contributed by atoms with Crippen molar-refractivity contribution >= 4 is 30.7 Å². The highest BCUT2D eigenvalue weighted by molar-refractivity contribution is 5.85. The summed E-state index contributed by atoms with van der Waals surface area (Å²) in [5.41, 5.74) is 5.26. The van der Waals surface area contributed by atoms with E-state index in [1.807, 2.05) is 0 Å². The molecule has 0 unspecified atom stereocenters. The molecule has 1 fully saturated rings. The van der Waals surface area contributed by atoms with E-state index in [1.54, 1.807) is 0 Å². The molecule has 104 valence electrons. The van der Waals surface area contributed by atoms with E-state index in [0.29, 0.717) is 6.04 Å². The highest BCUT2D eigenvalue weighted by Crippen LogP contribution is 2.10. The third kappa shape index (κ3) is 7.82. The van der Waals surface area contributed by atoms with E-state index in [9.17, 15) is 4.79 Å². The van der Waals surface area contributed by atoms with Gasteiger partial charge in [0.2, 0.25) is 5.91 Å². The second-order valence-electron chi connectivity index (χ2n) is 4.24. The van der Waals surface area contributed by atoms with E-state index in [4.69, 9.17) is 5.73 Å². The highest BCUT2D eigenvalue weighted by Gasteiger charge is 2.19. The number of hydrogen-bond acceptors (Lipinski definition) is 3. The van der Waals surface area contributed by atoms with Crippen molar-refractivity contribution in [3.8, 4) is 0 Å². The van der Waals surface area contributed by atoms with Crippen LogP contribution in [-0.4, -0.2) is 43.0 Å². The number of rotatable bonds is 5. The number of hydrogen-bond donors (Lipinski definition) is 2. The first kappa shape index (κ1) is 19.3. The van der Waals surface area contributed by atoms with Crippen LogP contribution in [0.5, 0.6) is 0 Å². The molecule has 0 atom stereocenters. The lowest BCUT2D eigenvalue weighted by Gasteiger charge is -2.32. The van der Waals surface area contributed by atoms with Crippen molar-refractivity contribution in [2.75, 3.05) is 26.2 Å². The van der Waals surface area contributed by atoms with Crippen LogP contribution < -0.4 is 11.1 Å². The Balaban J connectivity index is 0. The van der Waals surface area contributed by atoms with E-state index in [0.717, 1.165) is 25.9 Å². The molecule has 1 aliphatic rings. The van der Waals surface area contributed by atoms with Crippen molar-refractivity contribution in [3.05, 3.63) is 0 Å². The van der Waals surface area contributed by atoms with Crippen LogP contribution in [0.4, 0.5) is 0 Å². The highest BCUT2D eigenvalue weighted by atomic mass is 35.5. The normalized spacial score (nSPS) is 16.8. The SMILES string of the molecule is CCCCN1CCC(NC(=O)CN)CC1.Cl.Cl. The third-order valence-electron chi connectivity index (χ3n) is 2.97. The van der Waals surface area contributed by atoms with Gasteiger partial charge in [0.05, 0.1) is 6.54 Å². The van der Waals surface area contributed by atoms with E-state index in [2.05, 4.69) is 17.1 Å². The van der Waals surface area contributed by atoms with Gasteiger partial charge in [0.1, 0.15) is 0 Å². The maximum atomic E-state index is 11.1. The summed E-state index contributed by atoms with van der Waals surface area (Å²) in [6.07, 6.45) is 4.66. The van der Waals surface area contributed by atoms with Crippen LogP contribution in [0.15, 0.2) is 0 Å². The average molecular weight is 286 g/mol. The van der Waals surface area contributed by atoms with Crippen molar-refractivity contribution in [2.45, 2.75) is 38.6 Å². The number of carbonyl (C=O) groups is 1. The molecule has 1 heterocycles. The first-order valence-electron chi connectivity index (χ1n) is 5.98. The number of unbranched alkanes of at least 4 members (excludes halogenated alkanes) is 1. The molecule has 4 nitrogen and oxygen atoms in total. The molecule has 0 bridgehead atoms. The summed E-state index contributed by atoms with van der Waals surface area (Å²) >= 11 is 0. The zero-order chi connectivity index (χ0) is 11.1. The van der Waals surface area contributed by atoms with Crippen LogP contribution >= 0.6 is 24.8 Å². The van der Waals surface area contributed by atoms with Gasteiger partial charge in [-0.1, -0.05) is 13.3 Å². The second-order valence-corrected chi connectivity index (χ2v) is 4.24. The second kappa shape index (κ2) is 11.1. The monoisotopic (exact) mass is 285 g/mol. The lowest BCUT2D eigenvalue weighted by Crippen LogP contribution is -2.46. The molecule has 0 aliphatic carbocycles. The first-order chi connectivity index (χ1) is 7.26. The summed E-state index contributed by atoms with van der Waals surface area (Å²) in [5, 5.41) is 2.95. The van der Waals surface area contributed by atoms with Gasteiger partial charge in [-0.15, -0.1) is 24.8 Å². The Bertz CT molecular complexity index is 197. The molecule has 0 radical (unpaired) electrons. The summed E-state index contributed by atoms with van der Waals surface area (Å²) in [6, 6.07) is 0.346. The Morgan fingerprint density at radius 2 is 1.94 bits per heavy atom. The third-order valence-corrected chi connectivity index (χ3v) is 2.97. The van der Waals surface area contributed by atoms with Crippen molar-refractivity contribution in [1.82, 2.24) is 10.2 Å². The lowest BCUT2D eigenvalue weighted by molar-refractivity contribution is -0.120. The molecule has 6 heteroatoms. The Morgan fingerprint density at radius 3 is 2.41 bits per heavy atom. The molecule has 0 spiro atoms. The summed E-state index contributed by atoms with van der Waals surface area (Å²) < 4.78 is 0. The minimum atomic E-state index is -0.0259. The molecular formula is C11H25Cl2N3O. The number of carbonyl (C=O) groups excluding carboxylic acids is 1. The molecule has 3 N–H and O–H groups in total. The molecule has 0 aromatic carbocycles. The van der Waals surface area contributed by atoms with E-state index in [1.165, 1.54) is 19.4 Å². The molecule has 17 heavy (non-hydrogen) atoms. The van der Waals surface area contributed by atoms with Crippen LogP contribution in [0.25, 0.3) is 0 Å². The van der Waals surface area contributed by atoms with Gasteiger partial charge in [-0.3, -0.25) is 4.79 Å². The quantitative estimate of drug-likeness (QED) is 0.797. The van der Waals surface area contributed by atoms with Crippen molar-refractivity contribution < 1.29 is 4.79 Å². The standard InChI is InChI=1S/C11H23N3O.2ClH/c1-2-3-6-14-7-4-10(5-8-14)13-11(15)9-12;;/h10H,2-9,12H2,1H3,(H,13,15);2*1H. The number of halogens is 2. The van der Waals surface area contributed by atoms with E-state index < -0.39 is 0 Å². The van der Waals surface area contributed by atoms with Gasteiger partial charge in [0, 0.05) is 19.1 Å². The first-order valence-corrected chi connectivity index (χ1v) is 5.98. The number of nitrogens with zero attached hydrogens (tertiary/aromatic N) is 1. The minimum Gasteiger partial charge on any atom is -0.352 e. The lowest BCUT2D eigenvalue weighted by atomic mass is 10.0. The van der Waals surface area contributed by atoms with Crippen molar-refractivity contribution in [2.24, 2.45) is 5.73 Å². The summed E-state index contributed by atoms with van der Waals surface area (Å²) in [7, 11) is 0. The summed E-state index contributed by atoms with van der Waals surface area (Å²) in [5.74, 6) is -0.0259. The van der Waals surface area contributed by atoms with Crippen LogP contribution in [0.1, 0.15) is 32.6 Å². The number of amides is 1.